The standard InChI is InChI=1S/C24H26N4O2/c1-18-9-11-21(12-10-18)26-24(30)20-8-5-13-27(17-20)22-14-23(29)28(25-15-22)16-19-6-3-2-4-7-19/h2-4,6-7,9-12,14-15,20H,5,8,13,16-17H2,1H3,(H,26,30)/t20-/m0/s1. The van der Waals surface area contributed by atoms with Gasteiger partial charge in [0.05, 0.1) is 24.3 Å². The third kappa shape index (κ3) is 4.76. The molecule has 0 aliphatic carbocycles. The maximum Gasteiger partial charge on any atom is 0.269 e. The molecule has 3 aromatic rings. The van der Waals surface area contributed by atoms with Crippen LogP contribution in [0.25, 0.3) is 0 Å². The van der Waals surface area contributed by atoms with Crippen LogP contribution < -0.4 is 15.8 Å². The third-order valence-electron chi connectivity index (χ3n) is 5.51. The van der Waals surface area contributed by atoms with Crippen LogP contribution in [0.15, 0.2) is 71.7 Å². The normalized spacial score (nSPS) is 16.3. The minimum atomic E-state index is -0.136. The molecule has 1 fully saturated rings. The van der Waals surface area contributed by atoms with Gasteiger partial charge in [0.1, 0.15) is 0 Å². The molecule has 6 nitrogen and oxygen atoms in total. The largest absolute Gasteiger partial charge is 0.369 e. The topological polar surface area (TPSA) is 67.2 Å². The molecule has 0 radical (unpaired) electrons. The quantitative estimate of drug-likeness (QED) is 0.710. The van der Waals surface area contributed by atoms with Crippen LogP contribution in [0.5, 0.6) is 0 Å². The highest BCUT2D eigenvalue weighted by Gasteiger charge is 2.26. The van der Waals surface area contributed by atoms with E-state index in [1.54, 1.807) is 12.3 Å². The van der Waals surface area contributed by atoms with Gasteiger partial charge in [0.25, 0.3) is 5.56 Å². The van der Waals surface area contributed by atoms with Gasteiger partial charge in [-0.05, 0) is 37.5 Å². The molecule has 2 aromatic carbocycles. The summed E-state index contributed by atoms with van der Waals surface area (Å²) in [7, 11) is 0. The van der Waals surface area contributed by atoms with Crippen molar-refractivity contribution in [2.24, 2.45) is 5.92 Å². The summed E-state index contributed by atoms with van der Waals surface area (Å²) in [6.45, 7) is 3.87. The predicted octanol–water partition coefficient (Wildman–Crippen LogP) is 3.46. The van der Waals surface area contributed by atoms with Gasteiger partial charge in [-0.3, -0.25) is 9.59 Å². The fraction of sp³-hybridized carbons (Fsp3) is 0.292. The first-order chi connectivity index (χ1) is 14.6. The number of aryl methyl sites for hydroxylation is 1. The molecule has 1 amide bonds. The number of piperidine rings is 1. The van der Waals surface area contributed by atoms with E-state index in [0.717, 1.165) is 41.9 Å². The lowest BCUT2D eigenvalue weighted by atomic mass is 9.96. The van der Waals surface area contributed by atoms with Crippen molar-refractivity contribution in [1.29, 1.82) is 0 Å². The molecule has 0 saturated carbocycles. The first-order valence-electron chi connectivity index (χ1n) is 10.3. The second-order valence-corrected chi connectivity index (χ2v) is 7.84. The molecule has 154 valence electrons. The average Bonchev–Trinajstić information content (AvgIpc) is 2.77. The molecular formula is C24H26N4O2. The van der Waals surface area contributed by atoms with Gasteiger partial charge in [-0.25, -0.2) is 4.68 Å². The zero-order valence-corrected chi connectivity index (χ0v) is 17.1. The van der Waals surface area contributed by atoms with Crippen LogP contribution in [-0.2, 0) is 11.3 Å². The molecule has 30 heavy (non-hydrogen) atoms. The second kappa shape index (κ2) is 8.95. The van der Waals surface area contributed by atoms with Crippen LogP contribution in [-0.4, -0.2) is 28.8 Å². The number of benzene rings is 2. The van der Waals surface area contributed by atoms with Crippen LogP contribution in [0.4, 0.5) is 11.4 Å². The number of rotatable bonds is 5. The first-order valence-corrected chi connectivity index (χ1v) is 10.3. The Bertz CT molecular complexity index is 1060. The van der Waals surface area contributed by atoms with Gasteiger partial charge < -0.3 is 10.2 Å². The molecule has 1 aliphatic heterocycles. The summed E-state index contributed by atoms with van der Waals surface area (Å²) >= 11 is 0. The Labute approximate surface area is 176 Å². The molecule has 1 aromatic heterocycles. The summed E-state index contributed by atoms with van der Waals surface area (Å²) in [4.78, 5) is 27.4. The van der Waals surface area contributed by atoms with E-state index in [0.29, 0.717) is 13.1 Å². The zero-order valence-electron chi connectivity index (χ0n) is 17.1. The average molecular weight is 402 g/mol. The molecule has 0 unspecified atom stereocenters. The molecule has 1 N–H and O–H groups in total. The summed E-state index contributed by atoms with van der Waals surface area (Å²) in [6, 6.07) is 19.2. The number of hydrogen-bond acceptors (Lipinski definition) is 4. The predicted molar refractivity (Wildman–Crippen MR) is 119 cm³/mol. The smallest absolute Gasteiger partial charge is 0.269 e. The van der Waals surface area contributed by atoms with E-state index < -0.39 is 0 Å². The number of nitrogens with zero attached hydrogens (tertiary/aromatic N) is 3. The van der Waals surface area contributed by atoms with E-state index in [9.17, 15) is 9.59 Å². The van der Waals surface area contributed by atoms with Gasteiger partial charge in [-0.1, -0.05) is 48.0 Å². The van der Waals surface area contributed by atoms with E-state index in [-0.39, 0.29) is 17.4 Å². The van der Waals surface area contributed by atoms with Crippen molar-refractivity contribution in [2.75, 3.05) is 23.3 Å². The Kier molecular flexibility index (Phi) is 5.93. The highest BCUT2D eigenvalue weighted by molar-refractivity contribution is 5.93. The second-order valence-electron chi connectivity index (χ2n) is 7.84. The van der Waals surface area contributed by atoms with Gasteiger partial charge in [-0.2, -0.15) is 5.10 Å². The van der Waals surface area contributed by atoms with Crippen molar-refractivity contribution in [1.82, 2.24) is 9.78 Å². The number of nitrogens with one attached hydrogen (secondary N) is 1. The molecule has 1 aliphatic rings. The van der Waals surface area contributed by atoms with Gasteiger partial charge in [0.2, 0.25) is 5.91 Å². The molecule has 2 heterocycles. The van der Waals surface area contributed by atoms with Crippen molar-refractivity contribution >= 4 is 17.3 Å². The lowest BCUT2D eigenvalue weighted by molar-refractivity contribution is -0.120. The summed E-state index contributed by atoms with van der Waals surface area (Å²) in [5, 5.41) is 7.37. The third-order valence-corrected chi connectivity index (χ3v) is 5.51. The Hall–Kier alpha value is -3.41. The number of carbonyl (C=O) groups is 1. The number of hydrogen-bond donors (Lipinski definition) is 1. The molecule has 6 heteroatoms. The number of carbonyl (C=O) groups excluding carboxylic acids is 1. The monoisotopic (exact) mass is 402 g/mol. The van der Waals surface area contributed by atoms with Crippen LogP contribution in [0.1, 0.15) is 24.0 Å². The van der Waals surface area contributed by atoms with Gasteiger partial charge in [0.15, 0.2) is 0 Å². The Balaban J connectivity index is 1.42. The summed E-state index contributed by atoms with van der Waals surface area (Å²) in [5.74, 6) is -0.0965. The van der Waals surface area contributed by atoms with E-state index in [2.05, 4.69) is 15.3 Å². The van der Waals surface area contributed by atoms with Gasteiger partial charge in [-0.15, -0.1) is 0 Å². The van der Waals surface area contributed by atoms with Crippen molar-refractivity contribution in [2.45, 2.75) is 26.3 Å². The minimum Gasteiger partial charge on any atom is -0.369 e. The fourth-order valence-corrected chi connectivity index (χ4v) is 3.78. The summed E-state index contributed by atoms with van der Waals surface area (Å²) in [5.41, 5.74) is 3.64. The van der Waals surface area contributed by atoms with Crippen LogP contribution in [0.3, 0.4) is 0 Å². The lowest BCUT2D eigenvalue weighted by Crippen LogP contribution is -2.41. The van der Waals surface area contributed by atoms with Gasteiger partial charge >= 0.3 is 0 Å². The van der Waals surface area contributed by atoms with Crippen molar-refractivity contribution in [3.63, 3.8) is 0 Å². The SMILES string of the molecule is Cc1ccc(NC(=O)[C@H]2CCCN(c3cnn(Cc4ccccc4)c(=O)c3)C2)cc1. The maximum atomic E-state index is 12.7. The lowest BCUT2D eigenvalue weighted by Gasteiger charge is -2.33. The Morgan fingerprint density at radius 1 is 1.13 bits per heavy atom. The number of aromatic nitrogens is 2. The van der Waals surface area contributed by atoms with Crippen LogP contribution >= 0.6 is 0 Å². The van der Waals surface area contributed by atoms with Crippen molar-refractivity contribution < 1.29 is 4.79 Å². The van der Waals surface area contributed by atoms with E-state index in [1.807, 2.05) is 61.5 Å². The molecule has 4 rings (SSSR count). The van der Waals surface area contributed by atoms with E-state index in [4.69, 9.17) is 0 Å². The van der Waals surface area contributed by atoms with Crippen molar-refractivity contribution in [3.05, 3.63) is 88.3 Å². The van der Waals surface area contributed by atoms with Crippen LogP contribution in [0.2, 0.25) is 0 Å². The van der Waals surface area contributed by atoms with Crippen molar-refractivity contribution in [3.8, 4) is 0 Å². The van der Waals surface area contributed by atoms with Crippen LogP contribution in [0, 0.1) is 12.8 Å². The zero-order chi connectivity index (χ0) is 20.9. The molecule has 0 bridgehead atoms. The molecule has 0 spiro atoms. The Morgan fingerprint density at radius 2 is 1.90 bits per heavy atom. The van der Waals surface area contributed by atoms with Gasteiger partial charge in [0, 0.05) is 24.8 Å². The molecule has 1 atom stereocenters. The first kappa shape index (κ1) is 19.9. The number of amides is 1. The maximum absolute atomic E-state index is 12.7. The molecule has 1 saturated heterocycles. The number of anilines is 2. The fourth-order valence-electron chi connectivity index (χ4n) is 3.78. The Morgan fingerprint density at radius 3 is 2.63 bits per heavy atom. The highest BCUT2D eigenvalue weighted by atomic mass is 16.2. The highest BCUT2D eigenvalue weighted by Crippen LogP contribution is 2.23. The van der Waals surface area contributed by atoms with E-state index >= 15 is 0 Å². The van der Waals surface area contributed by atoms with E-state index in [1.165, 1.54) is 4.68 Å². The summed E-state index contributed by atoms with van der Waals surface area (Å²) in [6.07, 6.45) is 3.47. The summed E-state index contributed by atoms with van der Waals surface area (Å²) < 4.78 is 1.46. The molecular weight excluding hydrogens is 376 g/mol. The minimum absolute atomic E-state index is 0.0222.